The summed E-state index contributed by atoms with van der Waals surface area (Å²) in [7, 11) is 0. The molecule has 0 aliphatic carbocycles. The molecule has 4 heterocycles. The second kappa shape index (κ2) is 13.8. The Hall–Kier alpha value is -3.62. The number of aromatic nitrogens is 1. The zero-order chi connectivity index (χ0) is 29.6. The molecule has 6 nitrogen and oxygen atoms in total. The van der Waals surface area contributed by atoms with E-state index < -0.39 is 0 Å². The average Bonchev–Trinajstić information content (AvgIpc) is 3.05. The number of carbonyl (C=O) groups is 1. The van der Waals surface area contributed by atoms with Crippen molar-refractivity contribution in [1.29, 1.82) is 0 Å². The predicted octanol–water partition coefficient (Wildman–Crippen LogP) is 5.47. The smallest absolute Gasteiger partial charge is 0.222 e. The van der Waals surface area contributed by atoms with E-state index in [9.17, 15) is 13.6 Å². The van der Waals surface area contributed by atoms with Crippen LogP contribution in [0.15, 0.2) is 79.0 Å². The molecule has 0 saturated carbocycles. The van der Waals surface area contributed by atoms with Crippen LogP contribution in [0, 0.1) is 17.6 Å². The second-order valence-electron chi connectivity index (χ2n) is 12.0. The summed E-state index contributed by atoms with van der Waals surface area (Å²) in [6.45, 7) is 7.46. The van der Waals surface area contributed by atoms with Crippen LogP contribution in [0.3, 0.4) is 0 Å². The molecule has 43 heavy (non-hydrogen) atoms. The van der Waals surface area contributed by atoms with Gasteiger partial charge < -0.3 is 9.80 Å². The van der Waals surface area contributed by atoms with E-state index in [0.717, 1.165) is 76.3 Å². The molecule has 0 N–H and O–H groups in total. The van der Waals surface area contributed by atoms with E-state index in [4.69, 9.17) is 0 Å². The van der Waals surface area contributed by atoms with Crippen LogP contribution in [0.1, 0.15) is 36.9 Å². The maximum absolute atomic E-state index is 14.4. The summed E-state index contributed by atoms with van der Waals surface area (Å²) >= 11 is 0. The molecular formula is C35H41F2N5O. The van der Waals surface area contributed by atoms with Gasteiger partial charge in [0.2, 0.25) is 5.91 Å². The third-order valence-corrected chi connectivity index (χ3v) is 9.37. The van der Waals surface area contributed by atoms with Gasteiger partial charge in [-0.1, -0.05) is 36.4 Å². The lowest BCUT2D eigenvalue weighted by atomic mass is 9.86. The van der Waals surface area contributed by atoms with Crippen LogP contribution in [0.25, 0.3) is 5.57 Å². The van der Waals surface area contributed by atoms with Crippen molar-refractivity contribution in [2.75, 3.05) is 57.3 Å². The molecule has 0 spiro atoms. The molecule has 2 atom stereocenters. The third kappa shape index (κ3) is 7.31. The highest BCUT2D eigenvalue weighted by Crippen LogP contribution is 2.30. The number of benzene rings is 2. The maximum Gasteiger partial charge on any atom is 0.222 e. The van der Waals surface area contributed by atoms with Crippen molar-refractivity contribution in [1.82, 2.24) is 19.7 Å². The Kier molecular flexibility index (Phi) is 9.44. The summed E-state index contributed by atoms with van der Waals surface area (Å²) in [5, 5.41) is 0. The minimum Gasteiger partial charge on any atom is -0.367 e. The number of hydrogen-bond acceptors (Lipinski definition) is 5. The quantitative estimate of drug-likeness (QED) is 0.351. The molecule has 6 rings (SSSR count). The van der Waals surface area contributed by atoms with Gasteiger partial charge >= 0.3 is 0 Å². The van der Waals surface area contributed by atoms with Gasteiger partial charge in [0.05, 0.1) is 11.4 Å². The van der Waals surface area contributed by atoms with Crippen molar-refractivity contribution in [2.24, 2.45) is 5.92 Å². The molecule has 2 fully saturated rings. The van der Waals surface area contributed by atoms with E-state index in [1.807, 2.05) is 47.5 Å². The Morgan fingerprint density at radius 1 is 0.884 bits per heavy atom. The van der Waals surface area contributed by atoms with Crippen molar-refractivity contribution in [3.63, 3.8) is 0 Å². The Bertz CT molecular complexity index is 1390. The van der Waals surface area contributed by atoms with Crippen LogP contribution in [-0.2, 0) is 11.3 Å². The Balaban J connectivity index is 1.08. The molecular weight excluding hydrogens is 544 g/mol. The SMILES string of the molecule is O=C(CC[C@@H]1CN(Cc2ccccn2)CC[C@@H]1N1CCN(c2ccccc2F)CC1)N1CC=C(c2ccc(F)cc2)CC1. The Labute approximate surface area is 253 Å². The summed E-state index contributed by atoms with van der Waals surface area (Å²) in [5.41, 5.74) is 3.97. The van der Waals surface area contributed by atoms with Gasteiger partial charge in [0.15, 0.2) is 0 Å². The molecule has 226 valence electrons. The number of pyridine rings is 1. The lowest BCUT2D eigenvalue weighted by Crippen LogP contribution is -2.57. The third-order valence-electron chi connectivity index (χ3n) is 9.37. The predicted molar refractivity (Wildman–Crippen MR) is 166 cm³/mol. The van der Waals surface area contributed by atoms with Crippen molar-refractivity contribution in [2.45, 2.75) is 38.3 Å². The van der Waals surface area contributed by atoms with E-state index in [0.29, 0.717) is 37.2 Å². The number of piperidine rings is 1. The normalized spacial score (nSPS) is 22.0. The van der Waals surface area contributed by atoms with E-state index in [2.05, 4.69) is 31.8 Å². The fourth-order valence-electron chi connectivity index (χ4n) is 7.02. The van der Waals surface area contributed by atoms with E-state index in [1.54, 1.807) is 6.07 Å². The summed E-state index contributed by atoms with van der Waals surface area (Å²) in [4.78, 5) is 27.1. The van der Waals surface area contributed by atoms with Crippen LogP contribution in [0.5, 0.6) is 0 Å². The first-order valence-corrected chi connectivity index (χ1v) is 15.6. The van der Waals surface area contributed by atoms with E-state index in [1.165, 1.54) is 23.8 Å². The Morgan fingerprint density at radius 2 is 1.67 bits per heavy atom. The first-order valence-electron chi connectivity index (χ1n) is 15.6. The number of rotatable bonds is 8. The van der Waals surface area contributed by atoms with Gasteiger partial charge in [-0.25, -0.2) is 8.78 Å². The van der Waals surface area contributed by atoms with Gasteiger partial charge in [-0.15, -0.1) is 0 Å². The van der Waals surface area contributed by atoms with Gasteiger partial charge in [-0.3, -0.25) is 19.6 Å². The Morgan fingerprint density at radius 3 is 2.40 bits per heavy atom. The van der Waals surface area contributed by atoms with Gasteiger partial charge in [-0.05, 0) is 72.7 Å². The zero-order valence-electron chi connectivity index (χ0n) is 24.8. The number of nitrogens with zero attached hydrogens (tertiary/aromatic N) is 5. The minimum absolute atomic E-state index is 0.160. The summed E-state index contributed by atoms with van der Waals surface area (Å²) in [6, 6.07) is 20.1. The molecule has 2 aromatic carbocycles. The highest BCUT2D eigenvalue weighted by molar-refractivity contribution is 5.78. The number of para-hydroxylation sites is 1. The molecule has 1 amide bonds. The molecule has 2 saturated heterocycles. The molecule has 3 aromatic rings. The van der Waals surface area contributed by atoms with Gasteiger partial charge in [0.25, 0.3) is 0 Å². The highest BCUT2D eigenvalue weighted by Gasteiger charge is 2.35. The summed E-state index contributed by atoms with van der Waals surface area (Å²) < 4.78 is 27.8. The first-order chi connectivity index (χ1) is 21.0. The number of hydrogen-bond donors (Lipinski definition) is 0. The number of carbonyl (C=O) groups excluding carboxylic acids is 1. The number of anilines is 1. The van der Waals surface area contributed by atoms with E-state index >= 15 is 0 Å². The highest BCUT2D eigenvalue weighted by atomic mass is 19.1. The summed E-state index contributed by atoms with van der Waals surface area (Å²) in [6.07, 6.45) is 7.18. The molecule has 3 aliphatic rings. The molecule has 8 heteroatoms. The minimum atomic E-state index is -0.233. The van der Waals surface area contributed by atoms with E-state index in [-0.39, 0.29) is 17.5 Å². The zero-order valence-corrected chi connectivity index (χ0v) is 24.8. The topological polar surface area (TPSA) is 42.9 Å². The number of likely N-dealkylation sites (tertiary alicyclic amines) is 1. The van der Waals surface area contributed by atoms with Crippen molar-refractivity contribution in [3.05, 3.63) is 102 Å². The molecule has 1 aromatic heterocycles. The van der Waals surface area contributed by atoms with Crippen LogP contribution >= 0.6 is 0 Å². The fraction of sp³-hybridized carbons (Fsp3) is 0.429. The fourth-order valence-corrected chi connectivity index (χ4v) is 7.02. The van der Waals surface area contributed by atoms with Crippen LogP contribution in [-0.4, -0.2) is 84.0 Å². The maximum atomic E-state index is 14.4. The second-order valence-corrected chi connectivity index (χ2v) is 12.0. The first kappa shape index (κ1) is 29.5. The van der Waals surface area contributed by atoms with Gasteiger partial charge in [-0.2, -0.15) is 0 Å². The molecule has 0 unspecified atom stereocenters. The standard InChI is InChI=1S/C35H41F2N5O/c36-30-11-8-27(9-12-30)28-14-19-42(20-15-28)35(43)13-10-29-25-39(26-31-5-3-4-17-38-31)18-16-33(29)40-21-23-41(24-22-40)34-7-2-1-6-32(34)37/h1-9,11-12,14,17,29,33H,10,13,15-16,18-26H2/t29-,33+/m1/s1. The van der Waals surface area contributed by atoms with Crippen LogP contribution < -0.4 is 4.90 Å². The van der Waals surface area contributed by atoms with Gasteiger partial charge in [0.1, 0.15) is 11.6 Å². The number of amides is 1. The number of halogens is 2. The van der Waals surface area contributed by atoms with Gasteiger partial charge in [0, 0.05) is 77.6 Å². The van der Waals surface area contributed by atoms with Crippen LogP contribution in [0.4, 0.5) is 14.5 Å². The largest absolute Gasteiger partial charge is 0.367 e. The molecule has 0 radical (unpaired) electrons. The van der Waals surface area contributed by atoms with Crippen molar-refractivity contribution < 1.29 is 13.6 Å². The molecule has 0 bridgehead atoms. The lowest BCUT2D eigenvalue weighted by Gasteiger charge is -2.47. The van der Waals surface area contributed by atoms with Crippen LogP contribution in [0.2, 0.25) is 0 Å². The molecule has 3 aliphatic heterocycles. The lowest BCUT2D eigenvalue weighted by molar-refractivity contribution is -0.131. The summed E-state index contributed by atoms with van der Waals surface area (Å²) in [5.74, 6) is 0.187. The monoisotopic (exact) mass is 585 g/mol. The number of piperazine rings is 1. The van der Waals surface area contributed by atoms with Crippen molar-refractivity contribution >= 4 is 17.2 Å². The van der Waals surface area contributed by atoms with Crippen molar-refractivity contribution in [3.8, 4) is 0 Å². The average molecular weight is 586 g/mol.